The third-order valence-corrected chi connectivity index (χ3v) is 5.91. The first kappa shape index (κ1) is 16.3. The molecule has 3 nitrogen and oxygen atoms in total. The fraction of sp³-hybridized carbons (Fsp3) is 1.00. The highest BCUT2D eigenvalue weighted by Gasteiger charge is 2.34. The molecule has 0 aromatic rings. The standard InChI is InChI=1S/C17H34N2O/c1-18(2)15-9-5-13(6-10-15)17(20)14-7-11-16(12-8-14)19(3)4/h13-17,20H,5-12H2,1-4H3. The Morgan fingerprint density at radius 2 is 0.950 bits per heavy atom. The first-order valence-electron chi connectivity index (χ1n) is 8.50. The summed E-state index contributed by atoms with van der Waals surface area (Å²) >= 11 is 0. The van der Waals surface area contributed by atoms with E-state index in [1.807, 2.05) is 0 Å². The fourth-order valence-corrected chi connectivity index (χ4v) is 4.30. The second-order valence-corrected chi connectivity index (χ2v) is 7.56. The largest absolute Gasteiger partial charge is 0.393 e. The van der Waals surface area contributed by atoms with E-state index in [0.717, 1.165) is 12.1 Å². The van der Waals surface area contributed by atoms with Gasteiger partial charge < -0.3 is 14.9 Å². The fourth-order valence-electron chi connectivity index (χ4n) is 4.30. The molecule has 118 valence electrons. The van der Waals surface area contributed by atoms with Crippen molar-refractivity contribution in [3.63, 3.8) is 0 Å². The summed E-state index contributed by atoms with van der Waals surface area (Å²) in [4.78, 5) is 4.70. The molecule has 0 atom stereocenters. The molecule has 0 aliphatic heterocycles. The van der Waals surface area contributed by atoms with Crippen LogP contribution in [-0.2, 0) is 0 Å². The Morgan fingerprint density at radius 3 is 1.20 bits per heavy atom. The third-order valence-electron chi connectivity index (χ3n) is 5.91. The lowest BCUT2D eigenvalue weighted by Gasteiger charge is -2.40. The molecule has 2 rings (SSSR count). The molecule has 0 amide bonds. The van der Waals surface area contributed by atoms with E-state index in [0.29, 0.717) is 11.8 Å². The van der Waals surface area contributed by atoms with Crippen LogP contribution in [0.25, 0.3) is 0 Å². The minimum Gasteiger partial charge on any atom is -0.393 e. The van der Waals surface area contributed by atoms with E-state index in [-0.39, 0.29) is 6.10 Å². The molecule has 0 radical (unpaired) electrons. The molecule has 2 saturated carbocycles. The lowest BCUT2D eigenvalue weighted by molar-refractivity contribution is 0.00119. The molecule has 2 fully saturated rings. The molecule has 0 saturated heterocycles. The predicted molar refractivity (Wildman–Crippen MR) is 84.9 cm³/mol. The van der Waals surface area contributed by atoms with E-state index in [2.05, 4.69) is 38.0 Å². The first-order valence-corrected chi connectivity index (χ1v) is 8.50. The Morgan fingerprint density at radius 1 is 0.650 bits per heavy atom. The van der Waals surface area contributed by atoms with E-state index in [4.69, 9.17) is 0 Å². The van der Waals surface area contributed by atoms with Gasteiger partial charge in [-0.25, -0.2) is 0 Å². The van der Waals surface area contributed by atoms with Gasteiger partial charge in [-0.1, -0.05) is 0 Å². The summed E-state index contributed by atoms with van der Waals surface area (Å²) in [5, 5.41) is 10.7. The van der Waals surface area contributed by atoms with Crippen LogP contribution in [-0.4, -0.2) is 61.3 Å². The van der Waals surface area contributed by atoms with Gasteiger partial charge in [0.15, 0.2) is 0 Å². The van der Waals surface area contributed by atoms with E-state index in [9.17, 15) is 5.11 Å². The number of hydrogen-bond donors (Lipinski definition) is 1. The summed E-state index contributed by atoms with van der Waals surface area (Å²) in [7, 11) is 8.74. The zero-order valence-electron chi connectivity index (χ0n) is 13.9. The Labute approximate surface area is 125 Å². The zero-order valence-corrected chi connectivity index (χ0v) is 13.9. The molecule has 0 spiro atoms. The number of aliphatic hydroxyl groups is 1. The number of aliphatic hydroxyl groups excluding tert-OH is 1. The lowest BCUT2D eigenvalue weighted by atomic mass is 9.73. The highest BCUT2D eigenvalue weighted by Crippen LogP contribution is 2.37. The van der Waals surface area contributed by atoms with Crippen LogP contribution in [0.4, 0.5) is 0 Å². The first-order chi connectivity index (χ1) is 9.49. The summed E-state index contributed by atoms with van der Waals surface area (Å²) in [5.41, 5.74) is 0. The minimum absolute atomic E-state index is 0.0405. The maximum absolute atomic E-state index is 10.7. The van der Waals surface area contributed by atoms with Gasteiger partial charge in [0.1, 0.15) is 0 Å². The van der Waals surface area contributed by atoms with Crippen molar-refractivity contribution in [2.45, 2.75) is 69.6 Å². The van der Waals surface area contributed by atoms with Gasteiger partial charge in [0.25, 0.3) is 0 Å². The highest BCUT2D eigenvalue weighted by atomic mass is 16.3. The van der Waals surface area contributed by atoms with Gasteiger partial charge in [0.05, 0.1) is 6.10 Å². The number of nitrogens with zero attached hydrogens (tertiary/aromatic N) is 2. The van der Waals surface area contributed by atoms with Gasteiger partial charge in [-0.05, 0) is 91.4 Å². The molecular weight excluding hydrogens is 248 g/mol. The normalized spacial score (nSPS) is 37.4. The van der Waals surface area contributed by atoms with Crippen LogP contribution < -0.4 is 0 Å². The van der Waals surface area contributed by atoms with E-state index in [1.54, 1.807) is 0 Å². The molecule has 1 N–H and O–H groups in total. The average Bonchev–Trinajstić information content (AvgIpc) is 2.46. The summed E-state index contributed by atoms with van der Waals surface area (Å²) in [6.07, 6.45) is 9.90. The summed E-state index contributed by atoms with van der Waals surface area (Å²) in [6, 6.07) is 1.48. The highest BCUT2D eigenvalue weighted by molar-refractivity contribution is 4.87. The van der Waals surface area contributed by atoms with Crippen molar-refractivity contribution < 1.29 is 5.11 Å². The van der Waals surface area contributed by atoms with E-state index >= 15 is 0 Å². The Bertz CT molecular complexity index is 249. The Kier molecular flexibility index (Phi) is 5.88. The number of hydrogen-bond acceptors (Lipinski definition) is 3. The van der Waals surface area contributed by atoms with Crippen molar-refractivity contribution in [3.8, 4) is 0 Å². The Hall–Kier alpha value is -0.120. The monoisotopic (exact) mass is 282 g/mol. The van der Waals surface area contributed by atoms with Gasteiger partial charge in [0.2, 0.25) is 0 Å². The van der Waals surface area contributed by atoms with Crippen LogP contribution in [0.2, 0.25) is 0 Å². The van der Waals surface area contributed by atoms with Crippen LogP contribution in [0, 0.1) is 11.8 Å². The quantitative estimate of drug-likeness (QED) is 0.858. The van der Waals surface area contributed by atoms with Crippen LogP contribution in [0.3, 0.4) is 0 Å². The molecule has 0 bridgehead atoms. The van der Waals surface area contributed by atoms with E-state index in [1.165, 1.54) is 51.4 Å². The summed E-state index contributed by atoms with van der Waals surface area (Å²) in [5.74, 6) is 1.12. The third kappa shape index (κ3) is 3.96. The minimum atomic E-state index is -0.0405. The van der Waals surface area contributed by atoms with E-state index < -0.39 is 0 Å². The SMILES string of the molecule is CN(C)C1CCC(C(O)C2CCC(N(C)C)CC2)CC1. The van der Waals surface area contributed by atoms with Gasteiger partial charge >= 0.3 is 0 Å². The second-order valence-electron chi connectivity index (χ2n) is 7.56. The summed E-state index contributed by atoms with van der Waals surface area (Å²) in [6.45, 7) is 0. The molecule has 0 aromatic heterocycles. The van der Waals surface area contributed by atoms with Crippen molar-refractivity contribution in [2.24, 2.45) is 11.8 Å². The smallest absolute Gasteiger partial charge is 0.0596 e. The van der Waals surface area contributed by atoms with Gasteiger partial charge in [-0.3, -0.25) is 0 Å². The molecule has 0 heterocycles. The predicted octanol–water partition coefficient (Wildman–Crippen LogP) is 2.59. The maximum atomic E-state index is 10.7. The summed E-state index contributed by atoms with van der Waals surface area (Å²) < 4.78 is 0. The molecule has 0 unspecified atom stereocenters. The maximum Gasteiger partial charge on any atom is 0.0596 e. The van der Waals surface area contributed by atoms with Crippen molar-refractivity contribution in [2.75, 3.05) is 28.2 Å². The topological polar surface area (TPSA) is 26.7 Å². The second kappa shape index (κ2) is 7.24. The molecule has 3 heteroatoms. The molecule has 2 aliphatic carbocycles. The lowest BCUT2D eigenvalue weighted by Crippen LogP contribution is -2.40. The van der Waals surface area contributed by atoms with Crippen LogP contribution in [0.5, 0.6) is 0 Å². The van der Waals surface area contributed by atoms with Crippen molar-refractivity contribution in [3.05, 3.63) is 0 Å². The van der Waals surface area contributed by atoms with Crippen LogP contribution in [0.15, 0.2) is 0 Å². The van der Waals surface area contributed by atoms with Gasteiger partial charge in [-0.2, -0.15) is 0 Å². The van der Waals surface area contributed by atoms with Crippen molar-refractivity contribution >= 4 is 0 Å². The van der Waals surface area contributed by atoms with Gasteiger partial charge in [-0.15, -0.1) is 0 Å². The molecule has 2 aliphatic rings. The average molecular weight is 282 g/mol. The number of rotatable bonds is 4. The van der Waals surface area contributed by atoms with Crippen LogP contribution >= 0.6 is 0 Å². The molecule has 0 aromatic carbocycles. The van der Waals surface area contributed by atoms with Crippen molar-refractivity contribution in [1.82, 2.24) is 9.80 Å². The van der Waals surface area contributed by atoms with Crippen LogP contribution in [0.1, 0.15) is 51.4 Å². The molecule has 20 heavy (non-hydrogen) atoms. The Balaban J connectivity index is 1.77. The zero-order chi connectivity index (χ0) is 14.7. The van der Waals surface area contributed by atoms with Crippen molar-refractivity contribution in [1.29, 1.82) is 0 Å². The van der Waals surface area contributed by atoms with Gasteiger partial charge in [0, 0.05) is 12.1 Å². The molecular formula is C17H34N2O.